The second-order valence-electron chi connectivity index (χ2n) is 6.47. The predicted molar refractivity (Wildman–Crippen MR) is 109 cm³/mol. The Hall–Kier alpha value is -2.82. The van der Waals surface area contributed by atoms with Crippen LogP contribution in [0.5, 0.6) is 0 Å². The lowest BCUT2D eigenvalue weighted by Gasteiger charge is -2.26. The number of aromatic nitrogens is 1. The smallest absolute Gasteiger partial charge is 0.251 e. The number of hydrogen-bond acceptors (Lipinski definition) is 6. The molecule has 1 fully saturated rings. The molecule has 0 unspecified atom stereocenters. The lowest BCUT2D eigenvalue weighted by molar-refractivity contribution is -0.122. The van der Waals surface area contributed by atoms with E-state index < -0.39 is 15.9 Å². The van der Waals surface area contributed by atoms with Crippen molar-refractivity contribution in [2.45, 2.75) is 11.4 Å². The summed E-state index contributed by atoms with van der Waals surface area (Å²) in [7, 11) is -3.85. The van der Waals surface area contributed by atoms with Gasteiger partial charge in [0.05, 0.1) is 28.2 Å². The van der Waals surface area contributed by atoms with Crippen LogP contribution in [0.2, 0.25) is 0 Å². The molecule has 0 bridgehead atoms. The first-order chi connectivity index (χ1) is 13.9. The number of para-hydroxylation sites is 1. The minimum atomic E-state index is -3.85. The van der Waals surface area contributed by atoms with Gasteiger partial charge in [-0.3, -0.25) is 9.59 Å². The molecule has 2 N–H and O–H groups in total. The normalized spacial score (nSPS) is 15.2. The van der Waals surface area contributed by atoms with Crippen LogP contribution >= 0.6 is 11.3 Å². The zero-order chi connectivity index (χ0) is 20.4. The van der Waals surface area contributed by atoms with Gasteiger partial charge in [-0.15, -0.1) is 11.3 Å². The van der Waals surface area contributed by atoms with Gasteiger partial charge in [-0.05, 0) is 30.3 Å². The van der Waals surface area contributed by atoms with Crippen molar-refractivity contribution in [3.63, 3.8) is 0 Å². The predicted octanol–water partition coefficient (Wildman–Crippen LogP) is 1.35. The largest absolute Gasteiger partial charge is 0.354 e. The van der Waals surface area contributed by atoms with E-state index in [1.165, 1.54) is 29.5 Å². The summed E-state index contributed by atoms with van der Waals surface area (Å²) in [5.41, 5.74) is 1.11. The van der Waals surface area contributed by atoms with Crippen molar-refractivity contribution < 1.29 is 18.0 Å². The molecule has 3 aromatic rings. The van der Waals surface area contributed by atoms with Crippen LogP contribution in [0.25, 0.3) is 10.2 Å². The van der Waals surface area contributed by atoms with Crippen molar-refractivity contribution in [3.8, 4) is 0 Å². The van der Waals surface area contributed by atoms with Crippen molar-refractivity contribution in [1.29, 1.82) is 0 Å². The maximum absolute atomic E-state index is 12.8. The maximum atomic E-state index is 12.8. The topological polar surface area (TPSA) is 108 Å². The molecule has 2 amide bonds. The van der Waals surface area contributed by atoms with Gasteiger partial charge in [0, 0.05) is 18.7 Å². The van der Waals surface area contributed by atoms with E-state index in [9.17, 15) is 18.0 Å². The lowest BCUT2D eigenvalue weighted by Crippen LogP contribution is -2.49. The molecule has 2 heterocycles. The van der Waals surface area contributed by atoms with Crippen LogP contribution in [0.3, 0.4) is 0 Å². The van der Waals surface area contributed by atoms with E-state index in [4.69, 9.17) is 0 Å². The van der Waals surface area contributed by atoms with Gasteiger partial charge >= 0.3 is 0 Å². The highest BCUT2D eigenvalue weighted by atomic mass is 32.2. The average molecular weight is 431 g/mol. The fraction of sp³-hybridized carbons (Fsp3) is 0.211. The SMILES string of the molecule is O=C1CN(S(=O)(=O)c2cccc(C(=O)NCc3nc4ccccc4s3)c2)CCN1. The molecule has 0 spiro atoms. The van der Waals surface area contributed by atoms with E-state index >= 15 is 0 Å². The standard InChI is InChI=1S/C19H18N4O4S2/c24-17-12-23(9-8-20-17)29(26,27)14-5-3-4-13(10-14)19(25)21-11-18-22-15-6-1-2-7-16(15)28-18/h1-7,10H,8-9,11-12H2,(H,20,24)(H,21,25). The third-order valence-corrected chi connectivity index (χ3v) is 7.35. The quantitative estimate of drug-likeness (QED) is 0.635. The minimum absolute atomic E-state index is 0.0140. The van der Waals surface area contributed by atoms with Crippen molar-refractivity contribution in [2.75, 3.05) is 19.6 Å². The summed E-state index contributed by atoms with van der Waals surface area (Å²) < 4.78 is 27.7. The number of benzene rings is 2. The van der Waals surface area contributed by atoms with Crippen LogP contribution < -0.4 is 10.6 Å². The molecule has 0 aliphatic carbocycles. The molecule has 1 aliphatic rings. The van der Waals surface area contributed by atoms with Crippen molar-refractivity contribution in [2.24, 2.45) is 0 Å². The molecule has 8 nitrogen and oxygen atoms in total. The third-order valence-electron chi connectivity index (χ3n) is 4.48. The van der Waals surface area contributed by atoms with Crippen LogP contribution in [-0.2, 0) is 21.4 Å². The summed E-state index contributed by atoms with van der Waals surface area (Å²) in [6, 6.07) is 13.5. The van der Waals surface area contributed by atoms with Crippen LogP contribution in [0.4, 0.5) is 0 Å². The molecule has 0 saturated carbocycles. The maximum Gasteiger partial charge on any atom is 0.251 e. The molecule has 150 valence electrons. The van der Waals surface area contributed by atoms with Gasteiger partial charge in [-0.2, -0.15) is 4.31 Å². The van der Waals surface area contributed by atoms with Crippen LogP contribution in [0.15, 0.2) is 53.4 Å². The fourth-order valence-corrected chi connectivity index (χ4v) is 5.37. The highest BCUT2D eigenvalue weighted by Gasteiger charge is 2.29. The molecule has 1 aromatic heterocycles. The van der Waals surface area contributed by atoms with E-state index in [0.29, 0.717) is 0 Å². The monoisotopic (exact) mass is 430 g/mol. The highest BCUT2D eigenvalue weighted by molar-refractivity contribution is 7.89. The first-order valence-electron chi connectivity index (χ1n) is 8.93. The Balaban J connectivity index is 1.48. The Morgan fingerprint density at radius 3 is 2.83 bits per heavy atom. The van der Waals surface area contributed by atoms with Crippen LogP contribution in [-0.4, -0.2) is 49.2 Å². The second-order valence-corrected chi connectivity index (χ2v) is 9.53. The number of carbonyl (C=O) groups is 2. The molecule has 2 aromatic carbocycles. The number of fused-ring (bicyclic) bond motifs is 1. The zero-order valence-electron chi connectivity index (χ0n) is 15.3. The van der Waals surface area contributed by atoms with Gasteiger partial charge in [0.25, 0.3) is 5.91 Å². The van der Waals surface area contributed by atoms with Gasteiger partial charge < -0.3 is 10.6 Å². The minimum Gasteiger partial charge on any atom is -0.354 e. The summed E-state index contributed by atoms with van der Waals surface area (Å²) in [6.45, 7) is 0.486. The number of hydrogen-bond donors (Lipinski definition) is 2. The summed E-state index contributed by atoms with van der Waals surface area (Å²) in [6.07, 6.45) is 0. The number of nitrogens with zero attached hydrogens (tertiary/aromatic N) is 2. The Labute approximate surface area is 171 Å². The van der Waals surface area contributed by atoms with Crippen molar-refractivity contribution >= 4 is 43.4 Å². The summed E-state index contributed by atoms with van der Waals surface area (Å²) in [5.74, 6) is -0.734. The first kappa shape index (κ1) is 19.5. The molecular weight excluding hydrogens is 412 g/mol. The third kappa shape index (κ3) is 4.14. The molecule has 1 aliphatic heterocycles. The lowest BCUT2D eigenvalue weighted by atomic mass is 10.2. The Morgan fingerprint density at radius 1 is 1.21 bits per heavy atom. The molecule has 0 radical (unpaired) electrons. The van der Waals surface area contributed by atoms with Crippen molar-refractivity contribution in [3.05, 3.63) is 59.1 Å². The number of piperazine rings is 1. The van der Waals surface area contributed by atoms with Crippen LogP contribution in [0, 0.1) is 0 Å². The highest BCUT2D eigenvalue weighted by Crippen LogP contribution is 2.22. The molecule has 29 heavy (non-hydrogen) atoms. The van der Waals surface area contributed by atoms with E-state index in [0.717, 1.165) is 19.5 Å². The second kappa shape index (κ2) is 7.90. The average Bonchev–Trinajstić information content (AvgIpc) is 3.15. The molecule has 4 rings (SSSR count). The summed E-state index contributed by atoms with van der Waals surface area (Å²) in [4.78, 5) is 28.5. The van der Waals surface area contributed by atoms with Crippen LogP contribution in [0.1, 0.15) is 15.4 Å². The Morgan fingerprint density at radius 2 is 2.03 bits per heavy atom. The molecule has 1 saturated heterocycles. The van der Waals surface area contributed by atoms with Gasteiger partial charge in [-0.1, -0.05) is 18.2 Å². The van der Waals surface area contributed by atoms with E-state index in [1.54, 1.807) is 6.07 Å². The Bertz CT molecular complexity index is 1160. The van der Waals surface area contributed by atoms with Gasteiger partial charge in [0.2, 0.25) is 15.9 Å². The molecule has 0 atom stereocenters. The zero-order valence-corrected chi connectivity index (χ0v) is 16.9. The number of carbonyl (C=O) groups excluding carboxylic acids is 2. The molecular formula is C19H18N4O4S2. The number of nitrogens with one attached hydrogen (secondary N) is 2. The summed E-state index contributed by atoms with van der Waals surface area (Å²) in [5, 5.41) is 6.14. The van der Waals surface area contributed by atoms with Gasteiger partial charge in [0.15, 0.2) is 0 Å². The first-order valence-corrected chi connectivity index (χ1v) is 11.2. The van der Waals surface area contributed by atoms with Crippen molar-refractivity contribution in [1.82, 2.24) is 19.9 Å². The van der Waals surface area contributed by atoms with E-state index in [1.807, 2.05) is 24.3 Å². The molecule has 10 heteroatoms. The van der Waals surface area contributed by atoms with Gasteiger partial charge in [0.1, 0.15) is 5.01 Å². The fourth-order valence-electron chi connectivity index (χ4n) is 3.02. The number of amides is 2. The number of thiazole rings is 1. The van der Waals surface area contributed by atoms with Gasteiger partial charge in [-0.25, -0.2) is 13.4 Å². The number of sulfonamides is 1. The van der Waals surface area contributed by atoms with E-state index in [2.05, 4.69) is 15.6 Å². The Kier molecular flexibility index (Phi) is 5.31. The van der Waals surface area contributed by atoms with E-state index in [-0.39, 0.29) is 42.5 Å². The summed E-state index contributed by atoms with van der Waals surface area (Å²) >= 11 is 1.49. The number of rotatable bonds is 5.